The van der Waals surface area contributed by atoms with Gasteiger partial charge in [-0.1, -0.05) is 35.5 Å². The third-order valence-electron chi connectivity index (χ3n) is 3.23. The van der Waals surface area contributed by atoms with Gasteiger partial charge >= 0.3 is 6.03 Å². The average molecular weight is 384 g/mol. The lowest BCUT2D eigenvalue weighted by atomic mass is 10.3. The topological polar surface area (TPSA) is 98.1 Å². The van der Waals surface area contributed by atoms with Gasteiger partial charge in [0.1, 0.15) is 12.4 Å². The van der Waals surface area contributed by atoms with Crippen LogP contribution in [0, 0.1) is 0 Å². The van der Waals surface area contributed by atoms with Gasteiger partial charge in [0.2, 0.25) is 5.91 Å². The molecule has 2 aromatic rings. The molecule has 0 bridgehead atoms. The molecular formula is C15H18ClN5O3S. The number of hydrogen-bond acceptors (Lipinski definition) is 6. The van der Waals surface area contributed by atoms with Crippen LogP contribution < -0.4 is 15.4 Å². The maximum atomic E-state index is 11.9. The molecule has 134 valence electrons. The molecule has 25 heavy (non-hydrogen) atoms. The first-order valence-electron chi connectivity index (χ1n) is 7.37. The quantitative estimate of drug-likeness (QED) is 0.740. The van der Waals surface area contributed by atoms with Gasteiger partial charge in [0.05, 0.1) is 10.3 Å². The fourth-order valence-corrected chi connectivity index (χ4v) is 2.79. The molecule has 0 saturated heterocycles. The Labute approximate surface area is 154 Å². The van der Waals surface area contributed by atoms with Gasteiger partial charge in [0.25, 0.3) is 0 Å². The number of hydrogen-bond donors (Lipinski definition) is 2. The largest absolute Gasteiger partial charge is 0.484 e. The smallest absolute Gasteiger partial charge is 0.321 e. The fraction of sp³-hybridized carbons (Fsp3) is 0.333. The summed E-state index contributed by atoms with van der Waals surface area (Å²) in [5.74, 6) is 0.724. The van der Waals surface area contributed by atoms with Gasteiger partial charge in [-0.25, -0.2) is 4.79 Å². The van der Waals surface area contributed by atoms with Crippen molar-refractivity contribution in [1.29, 1.82) is 0 Å². The number of carbonyl (C=O) groups excluding carboxylic acids is 2. The van der Waals surface area contributed by atoms with Crippen LogP contribution in [0.1, 0.15) is 12.7 Å². The summed E-state index contributed by atoms with van der Waals surface area (Å²) < 4.78 is 7.37. The van der Waals surface area contributed by atoms with Gasteiger partial charge < -0.3 is 14.6 Å². The molecule has 0 unspecified atom stereocenters. The number of nitrogens with zero attached hydrogens (tertiary/aromatic N) is 3. The predicted octanol–water partition coefficient (Wildman–Crippen LogP) is 1.98. The van der Waals surface area contributed by atoms with Gasteiger partial charge in [-0.05, 0) is 19.1 Å². The summed E-state index contributed by atoms with van der Waals surface area (Å²) in [6.45, 7) is 1.87. The van der Waals surface area contributed by atoms with Crippen molar-refractivity contribution in [3.05, 3.63) is 35.1 Å². The van der Waals surface area contributed by atoms with Crippen molar-refractivity contribution in [2.45, 2.75) is 23.9 Å². The number of thioether (sulfide) groups is 1. The van der Waals surface area contributed by atoms with Gasteiger partial charge in [0, 0.05) is 14.1 Å². The molecule has 10 heteroatoms. The zero-order chi connectivity index (χ0) is 18.4. The number of amides is 3. The summed E-state index contributed by atoms with van der Waals surface area (Å²) in [7, 11) is 3.21. The maximum absolute atomic E-state index is 11.9. The molecule has 0 spiro atoms. The number of halogens is 1. The van der Waals surface area contributed by atoms with E-state index in [4.69, 9.17) is 16.3 Å². The molecule has 1 aromatic carbocycles. The number of nitrogens with one attached hydrogen (secondary N) is 2. The fourth-order valence-electron chi connectivity index (χ4n) is 1.77. The monoisotopic (exact) mass is 383 g/mol. The number of para-hydroxylation sites is 1. The van der Waals surface area contributed by atoms with Crippen LogP contribution in [0.5, 0.6) is 5.75 Å². The van der Waals surface area contributed by atoms with Gasteiger partial charge in [-0.15, -0.1) is 10.2 Å². The van der Waals surface area contributed by atoms with Crippen LogP contribution in [0.4, 0.5) is 4.79 Å². The van der Waals surface area contributed by atoms with Crippen molar-refractivity contribution in [3.63, 3.8) is 0 Å². The highest BCUT2D eigenvalue weighted by Crippen LogP contribution is 2.25. The number of carbonyl (C=O) groups is 2. The van der Waals surface area contributed by atoms with Crippen molar-refractivity contribution in [3.8, 4) is 5.75 Å². The minimum atomic E-state index is -0.552. The maximum Gasteiger partial charge on any atom is 0.321 e. The predicted molar refractivity (Wildman–Crippen MR) is 94.7 cm³/mol. The Kier molecular flexibility index (Phi) is 6.65. The summed E-state index contributed by atoms with van der Waals surface area (Å²) in [5, 5.41) is 13.2. The summed E-state index contributed by atoms with van der Waals surface area (Å²) in [6, 6.07) is 6.59. The Morgan fingerprint density at radius 2 is 2.08 bits per heavy atom. The van der Waals surface area contributed by atoms with E-state index in [0.29, 0.717) is 21.8 Å². The van der Waals surface area contributed by atoms with Crippen molar-refractivity contribution in [1.82, 2.24) is 25.4 Å². The van der Waals surface area contributed by atoms with Gasteiger partial charge in [0.15, 0.2) is 11.0 Å². The molecule has 1 atom stereocenters. The van der Waals surface area contributed by atoms with E-state index < -0.39 is 17.2 Å². The van der Waals surface area contributed by atoms with E-state index in [2.05, 4.69) is 20.8 Å². The van der Waals surface area contributed by atoms with Crippen LogP contribution in [-0.2, 0) is 18.4 Å². The second-order valence-electron chi connectivity index (χ2n) is 5.01. The minimum Gasteiger partial charge on any atom is -0.484 e. The summed E-state index contributed by atoms with van der Waals surface area (Å²) in [6.07, 6.45) is 0. The van der Waals surface area contributed by atoms with Gasteiger partial charge in [-0.3, -0.25) is 10.1 Å². The van der Waals surface area contributed by atoms with E-state index >= 15 is 0 Å². The molecule has 0 aliphatic heterocycles. The minimum absolute atomic E-state index is 0.187. The number of aromatic nitrogens is 3. The lowest BCUT2D eigenvalue weighted by molar-refractivity contribution is -0.119. The zero-order valence-electron chi connectivity index (χ0n) is 13.9. The third-order valence-corrected chi connectivity index (χ3v) is 4.68. The van der Waals surface area contributed by atoms with E-state index in [1.165, 1.54) is 18.8 Å². The summed E-state index contributed by atoms with van der Waals surface area (Å²) >= 11 is 7.24. The van der Waals surface area contributed by atoms with E-state index in [1.807, 2.05) is 12.1 Å². The Hall–Kier alpha value is -2.26. The normalized spacial score (nSPS) is 11.7. The lowest BCUT2D eigenvalue weighted by Gasteiger charge is -2.11. The third kappa shape index (κ3) is 5.10. The molecule has 1 heterocycles. The molecule has 8 nitrogen and oxygen atoms in total. The number of urea groups is 1. The first-order chi connectivity index (χ1) is 11.9. The first kappa shape index (κ1) is 19.1. The molecule has 0 saturated carbocycles. The second kappa shape index (κ2) is 8.72. The zero-order valence-corrected chi connectivity index (χ0v) is 15.5. The van der Waals surface area contributed by atoms with Crippen molar-refractivity contribution < 1.29 is 14.3 Å². The molecule has 2 rings (SSSR count). The average Bonchev–Trinajstić information content (AvgIpc) is 2.94. The molecule has 2 N–H and O–H groups in total. The van der Waals surface area contributed by atoms with Crippen LogP contribution in [0.2, 0.25) is 5.02 Å². The highest BCUT2D eigenvalue weighted by Gasteiger charge is 2.20. The highest BCUT2D eigenvalue weighted by atomic mass is 35.5. The Balaban J connectivity index is 1.97. The van der Waals surface area contributed by atoms with Crippen LogP contribution >= 0.6 is 23.4 Å². The number of benzene rings is 1. The molecular weight excluding hydrogens is 366 g/mol. The summed E-state index contributed by atoms with van der Waals surface area (Å²) in [4.78, 5) is 23.1. The standard InChI is InChI=1S/C15H18ClN5O3S/c1-9(13(22)18-14(23)17-2)25-15-20-19-12(21(15)3)8-24-11-7-5-4-6-10(11)16/h4-7,9H,8H2,1-3H3,(H2,17,18,22,23)/t9-/m0/s1. The molecule has 0 radical (unpaired) electrons. The number of rotatable bonds is 6. The Morgan fingerprint density at radius 1 is 1.36 bits per heavy atom. The van der Waals surface area contributed by atoms with Gasteiger partial charge in [-0.2, -0.15) is 0 Å². The van der Waals surface area contributed by atoms with Crippen LogP contribution in [0.15, 0.2) is 29.4 Å². The van der Waals surface area contributed by atoms with Crippen molar-refractivity contribution >= 4 is 35.3 Å². The number of imide groups is 1. The van der Waals surface area contributed by atoms with Crippen LogP contribution in [0.25, 0.3) is 0 Å². The van der Waals surface area contributed by atoms with Crippen LogP contribution in [-0.4, -0.2) is 39.0 Å². The molecule has 0 aliphatic rings. The van der Waals surface area contributed by atoms with E-state index in [1.54, 1.807) is 30.7 Å². The SMILES string of the molecule is CNC(=O)NC(=O)[C@H](C)Sc1nnc(COc2ccccc2Cl)n1C. The second-order valence-corrected chi connectivity index (χ2v) is 6.72. The molecule has 0 fully saturated rings. The summed E-state index contributed by atoms with van der Waals surface area (Å²) in [5.41, 5.74) is 0. The van der Waals surface area contributed by atoms with Crippen molar-refractivity contribution in [2.75, 3.05) is 7.05 Å². The highest BCUT2D eigenvalue weighted by molar-refractivity contribution is 8.00. The van der Waals surface area contributed by atoms with Crippen molar-refractivity contribution in [2.24, 2.45) is 7.05 Å². The number of ether oxygens (including phenoxy) is 1. The van der Waals surface area contributed by atoms with E-state index in [0.717, 1.165) is 0 Å². The first-order valence-corrected chi connectivity index (χ1v) is 8.63. The molecule has 1 aromatic heterocycles. The molecule has 3 amide bonds. The Morgan fingerprint density at radius 3 is 2.76 bits per heavy atom. The van der Waals surface area contributed by atoms with E-state index in [9.17, 15) is 9.59 Å². The van der Waals surface area contributed by atoms with Crippen LogP contribution in [0.3, 0.4) is 0 Å². The Bertz CT molecular complexity index is 767. The molecule has 0 aliphatic carbocycles. The van der Waals surface area contributed by atoms with E-state index in [-0.39, 0.29) is 6.61 Å². The lowest BCUT2D eigenvalue weighted by Crippen LogP contribution is -2.41.